The van der Waals surface area contributed by atoms with Crippen molar-refractivity contribution < 1.29 is 14.3 Å². The molecule has 1 heterocycles. The Morgan fingerprint density at radius 1 is 1.09 bits per heavy atom. The minimum Gasteiger partial charge on any atom is -0.493 e. The SMILES string of the molecule is COc1cc(/C=N\NC(=O)c2ccc(N3CCCC3)cc2)cc(Br)c1OCc1ccc(C)cc1. The van der Waals surface area contributed by atoms with E-state index in [1.807, 2.05) is 48.5 Å². The molecule has 176 valence electrons. The van der Waals surface area contributed by atoms with Crippen LogP contribution in [0.5, 0.6) is 11.5 Å². The lowest BCUT2D eigenvalue weighted by atomic mass is 10.1. The van der Waals surface area contributed by atoms with Crippen LogP contribution in [0.4, 0.5) is 5.69 Å². The molecule has 1 aliphatic rings. The molecule has 3 aromatic rings. The molecule has 0 bridgehead atoms. The first kappa shape index (κ1) is 23.8. The van der Waals surface area contributed by atoms with E-state index in [4.69, 9.17) is 9.47 Å². The molecule has 1 fully saturated rings. The molecule has 0 unspecified atom stereocenters. The summed E-state index contributed by atoms with van der Waals surface area (Å²) in [6.45, 7) is 4.63. The van der Waals surface area contributed by atoms with Crippen LogP contribution in [0, 0.1) is 6.92 Å². The van der Waals surface area contributed by atoms with Crippen molar-refractivity contribution in [1.82, 2.24) is 5.43 Å². The van der Waals surface area contributed by atoms with Crippen molar-refractivity contribution >= 4 is 33.7 Å². The average molecular weight is 522 g/mol. The van der Waals surface area contributed by atoms with Crippen molar-refractivity contribution in [3.8, 4) is 11.5 Å². The Balaban J connectivity index is 1.37. The maximum atomic E-state index is 12.5. The topological polar surface area (TPSA) is 63.2 Å². The van der Waals surface area contributed by atoms with Gasteiger partial charge in [0.05, 0.1) is 17.8 Å². The highest BCUT2D eigenvalue weighted by molar-refractivity contribution is 9.10. The smallest absolute Gasteiger partial charge is 0.271 e. The third-order valence-corrected chi connectivity index (χ3v) is 6.33. The second kappa shape index (κ2) is 11.2. The number of hydrogen-bond acceptors (Lipinski definition) is 5. The van der Waals surface area contributed by atoms with Crippen LogP contribution in [0.3, 0.4) is 0 Å². The van der Waals surface area contributed by atoms with E-state index in [1.54, 1.807) is 13.3 Å². The van der Waals surface area contributed by atoms with E-state index >= 15 is 0 Å². The van der Waals surface area contributed by atoms with Crippen LogP contribution in [0.1, 0.15) is 39.9 Å². The summed E-state index contributed by atoms with van der Waals surface area (Å²) in [6, 6.07) is 19.5. The molecule has 0 aliphatic carbocycles. The molecule has 1 amide bonds. The number of anilines is 1. The molecule has 0 atom stereocenters. The van der Waals surface area contributed by atoms with Gasteiger partial charge in [-0.2, -0.15) is 5.10 Å². The van der Waals surface area contributed by atoms with Crippen LogP contribution in [-0.2, 0) is 6.61 Å². The van der Waals surface area contributed by atoms with E-state index in [0.717, 1.165) is 34.4 Å². The standard InChI is InChI=1S/C27H28BrN3O3/c1-19-5-7-20(8-6-19)18-34-26-24(28)15-21(16-25(26)33-2)17-29-30-27(32)22-9-11-23(12-10-22)31-13-3-4-14-31/h5-12,15-17H,3-4,13-14,18H2,1-2H3,(H,30,32)/b29-17-. The number of halogens is 1. The molecule has 34 heavy (non-hydrogen) atoms. The lowest BCUT2D eigenvalue weighted by Crippen LogP contribution is -2.19. The number of amides is 1. The van der Waals surface area contributed by atoms with Crippen molar-refractivity contribution in [2.24, 2.45) is 5.10 Å². The molecule has 7 heteroatoms. The summed E-state index contributed by atoms with van der Waals surface area (Å²) in [4.78, 5) is 14.8. The van der Waals surface area contributed by atoms with E-state index in [9.17, 15) is 4.79 Å². The van der Waals surface area contributed by atoms with Crippen molar-refractivity contribution in [3.63, 3.8) is 0 Å². The Kier molecular flexibility index (Phi) is 7.85. The predicted octanol–water partition coefficient (Wildman–Crippen LogP) is 5.71. The molecule has 0 saturated carbocycles. The van der Waals surface area contributed by atoms with Crippen LogP contribution in [-0.4, -0.2) is 32.3 Å². The number of benzene rings is 3. The molecule has 1 N–H and O–H groups in total. The number of carbonyl (C=O) groups is 1. The van der Waals surface area contributed by atoms with Gasteiger partial charge in [-0.3, -0.25) is 4.79 Å². The first-order chi connectivity index (χ1) is 16.5. The van der Waals surface area contributed by atoms with Gasteiger partial charge in [0.1, 0.15) is 6.61 Å². The molecule has 6 nitrogen and oxygen atoms in total. The average Bonchev–Trinajstić information content (AvgIpc) is 3.39. The van der Waals surface area contributed by atoms with Crippen LogP contribution in [0.25, 0.3) is 0 Å². The quantitative estimate of drug-likeness (QED) is 0.304. The first-order valence-electron chi connectivity index (χ1n) is 11.3. The second-order valence-electron chi connectivity index (χ2n) is 8.25. The highest BCUT2D eigenvalue weighted by atomic mass is 79.9. The van der Waals surface area contributed by atoms with Gasteiger partial charge in [-0.1, -0.05) is 29.8 Å². The van der Waals surface area contributed by atoms with Gasteiger partial charge >= 0.3 is 0 Å². The molecule has 1 saturated heterocycles. The molecule has 0 radical (unpaired) electrons. The Bertz CT molecular complexity index is 1150. The van der Waals surface area contributed by atoms with E-state index < -0.39 is 0 Å². The number of hydrogen-bond donors (Lipinski definition) is 1. The van der Waals surface area contributed by atoms with E-state index in [0.29, 0.717) is 23.7 Å². The van der Waals surface area contributed by atoms with Crippen LogP contribution in [0.2, 0.25) is 0 Å². The van der Waals surface area contributed by atoms with Gasteiger partial charge in [0.15, 0.2) is 11.5 Å². The molecule has 4 rings (SSSR count). The molecule has 0 aromatic heterocycles. The lowest BCUT2D eigenvalue weighted by Gasteiger charge is -2.17. The Labute approximate surface area is 208 Å². The van der Waals surface area contributed by atoms with E-state index in [-0.39, 0.29) is 5.91 Å². The number of rotatable bonds is 8. The van der Waals surface area contributed by atoms with Gasteiger partial charge in [-0.15, -0.1) is 0 Å². The van der Waals surface area contributed by atoms with Gasteiger partial charge in [0.2, 0.25) is 0 Å². The number of methoxy groups -OCH3 is 1. The molecular formula is C27H28BrN3O3. The molecule has 1 aliphatic heterocycles. The number of carbonyl (C=O) groups excluding carboxylic acids is 1. The summed E-state index contributed by atoms with van der Waals surface area (Å²) < 4.78 is 12.3. The molecular weight excluding hydrogens is 494 g/mol. The second-order valence-corrected chi connectivity index (χ2v) is 9.10. The molecule has 3 aromatic carbocycles. The fraction of sp³-hybridized carbons (Fsp3) is 0.259. The van der Waals surface area contributed by atoms with Crippen molar-refractivity contribution in [1.29, 1.82) is 0 Å². The zero-order valence-electron chi connectivity index (χ0n) is 19.4. The lowest BCUT2D eigenvalue weighted by molar-refractivity contribution is 0.0955. The third-order valence-electron chi connectivity index (χ3n) is 5.74. The van der Waals surface area contributed by atoms with Gasteiger partial charge in [0.25, 0.3) is 5.91 Å². The summed E-state index contributed by atoms with van der Waals surface area (Å²) >= 11 is 3.56. The summed E-state index contributed by atoms with van der Waals surface area (Å²) in [5, 5.41) is 4.11. The van der Waals surface area contributed by atoms with Gasteiger partial charge in [-0.05, 0) is 83.2 Å². The van der Waals surface area contributed by atoms with Crippen molar-refractivity contribution in [3.05, 3.63) is 87.4 Å². The monoisotopic (exact) mass is 521 g/mol. The Morgan fingerprint density at radius 3 is 2.47 bits per heavy atom. The highest BCUT2D eigenvalue weighted by Crippen LogP contribution is 2.36. The number of nitrogens with zero attached hydrogens (tertiary/aromatic N) is 2. The minimum absolute atomic E-state index is 0.256. The zero-order valence-corrected chi connectivity index (χ0v) is 21.0. The predicted molar refractivity (Wildman–Crippen MR) is 139 cm³/mol. The van der Waals surface area contributed by atoms with Crippen LogP contribution < -0.4 is 19.8 Å². The first-order valence-corrected chi connectivity index (χ1v) is 12.1. The summed E-state index contributed by atoms with van der Waals surface area (Å²) in [5.41, 5.74) is 7.35. The van der Waals surface area contributed by atoms with Crippen molar-refractivity contribution in [2.75, 3.05) is 25.1 Å². The maximum absolute atomic E-state index is 12.5. The van der Waals surface area contributed by atoms with E-state index in [2.05, 4.69) is 50.4 Å². The fourth-order valence-corrected chi connectivity index (χ4v) is 4.40. The number of ether oxygens (including phenoxy) is 2. The summed E-state index contributed by atoms with van der Waals surface area (Å²) in [7, 11) is 1.59. The van der Waals surface area contributed by atoms with Gasteiger partial charge in [0, 0.05) is 24.3 Å². The zero-order chi connectivity index (χ0) is 23.9. The number of aryl methyl sites for hydroxylation is 1. The Morgan fingerprint density at radius 2 is 1.79 bits per heavy atom. The van der Waals surface area contributed by atoms with Gasteiger partial charge in [-0.25, -0.2) is 5.43 Å². The largest absolute Gasteiger partial charge is 0.493 e. The molecule has 0 spiro atoms. The highest BCUT2D eigenvalue weighted by Gasteiger charge is 2.14. The normalized spacial score (nSPS) is 13.3. The van der Waals surface area contributed by atoms with Gasteiger partial charge < -0.3 is 14.4 Å². The Hall–Kier alpha value is -3.32. The van der Waals surface area contributed by atoms with Crippen LogP contribution >= 0.6 is 15.9 Å². The fourth-order valence-electron chi connectivity index (χ4n) is 3.82. The van der Waals surface area contributed by atoms with Crippen molar-refractivity contribution in [2.45, 2.75) is 26.4 Å². The third kappa shape index (κ3) is 5.97. The minimum atomic E-state index is -0.256. The summed E-state index contributed by atoms with van der Waals surface area (Å²) in [6.07, 6.45) is 4.02. The number of hydrazone groups is 1. The summed E-state index contributed by atoms with van der Waals surface area (Å²) in [5.74, 6) is 0.933. The van der Waals surface area contributed by atoms with E-state index in [1.165, 1.54) is 18.4 Å². The number of nitrogens with one attached hydrogen (secondary N) is 1. The van der Waals surface area contributed by atoms with Crippen LogP contribution in [0.15, 0.2) is 70.2 Å². The maximum Gasteiger partial charge on any atom is 0.271 e.